The Morgan fingerprint density at radius 2 is 2.05 bits per heavy atom. The number of imidazole rings is 1. The Kier molecular flexibility index (Phi) is 4.57. The van der Waals surface area contributed by atoms with Crippen molar-refractivity contribution in [2.45, 2.75) is 24.3 Å². The highest BCUT2D eigenvalue weighted by molar-refractivity contribution is 7.90. The molecule has 0 bridgehead atoms. The Balaban J connectivity index is 2.29. The van der Waals surface area contributed by atoms with Crippen molar-refractivity contribution in [1.29, 1.82) is 0 Å². The minimum absolute atomic E-state index is 0.369. The van der Waals surface area contributed by atoms with E-state index in [4.69, 9.17) is 5.73 Å². The van der Waals surface area contributed by atoms with Gasteiger partial charge in [0.2, 0.25) is 0 Å². The van der Waals surface area contributed by atoms with E-state index >= 15 is 0 Å². The van der Waals surface area contributed by atoms with Crippen molar-refractivity contribution in [3.05, 3.63) is 48.0 Å². The monoisotopic (exact) mass is 293 g/mol. The van der Waals surface area contributed by atoms with Crippen LogP contribution in [0.4, 0.5) is 0 Å². The molecule has 20 heavy (non-hydrogen) atoms. The van der Waals surface area contributed by atoms with Gasteiger partial charge in [-0.1, -0.05) is 18.2 Å². The van der Waals surface area contributed by atoms with Crippen molar-refractivity contribution in [2.24, 2.45) is 5.73 Å². The van der Waals surface area contributed by atoms with Crippen molar-refractivity contribution in [3.8, 4) is 0 Å². The highest BCUT2D eigenvalue weighted by Crippen LogP contribution is 2.18. The molecule has 1 aromatic heterocycles. The molecule has 5 nitrogen and oxygen atoms in total. The van der Waals surface area contributed by atoms with E-state index in [2.05, 4.69) is 4.98 Å². The molecular weight excluding hydrogens is 274 g/mol. The largest absolute Gasteiger partial charge is 0.335 e. The summed E-state index contributed by atoms with van der Waals surface area (Å²) in [5, 5.41) is 0. The summed E-state index contributed by atoms with van der Waals surface area (Å²) in [5.74, 6) is 0.856. The first-order valence-electron chi connectivity index (χ1n) is 6.50. The number of sulfone groups is 1. The Morgan fingerprint density at radius 1 is 1.30 bits per heavy atom. The molecule has 108 valence electrons. The van der Waals surface area contributed by atoms with Crippen molar-refractivity contribution >= 4 is 9.84 Å². The Labute approximate surface area is 119 Å². The summed E-state index contributed by atoms with van der Waals surface area (Å²) in [4.78, 5) is 4.68. The molecule has 0 amide bonds. The molecule has 0 radical (unpaired) electrons. The topological polar surface area (TPSA) is 78.0 Å². The van der Waals surface area contributed by atoms with Crippen LogP contribution in [0.2, 0.25) is 0 Å². The number of benzene rings is 1. The summed E-state index contributed by atoms with van der Waals surface area (Å²) >= 11 is 0. The van der Waals surface area contributed by atoms with Crippen LogP contribution in [0.5, 0.6) is 0 Å². The van der Waals surface area contributed by atoms with E-state index in [1.807, 2.05) is 22.9 Å². The summed E-state index contributed by atoms with van der Waals surface area (Å²) < 4.78 is 25.6. The fraction of sp³-hybridized carbons (Fsp3) is 0.357. The van der Waals surface area contributed by atoms with Crippen LogP contribution in [0.1, 0.15) is 17.8 Å². The standard InChI is InChI=1S/C14H19N3O2S/c1-20(18,19)13-6-3-2-5-12(13)11-14-16-8-10-17(14)9-4-7-15/h2-3,5-6,8,10H,4,7,9,11,15H2,1H3. The molecule has 1 heterocycles. The molecule has 2 aromatic rings. The lowest BCUT2D eigenvalue weighted by Crippen LogP contribution is -2.10. The molecule has 2 rings (SSSR count). The van der Waals surface area contributed by atoms with Gasteiger partial charge in [-0.25, -0.2) is 13.4 Å². The molecule has 0 spiro atoms. The smallest absolute Gasteiger partial charge is 0.175 e. The van der Waals surface area contributed by atoms with Gasteiger partial charge in [0.15, 0.2) is 9.84 Å². The second-order valence-electron chi connectivity index (χ2n) is 4.74. The van der Waals surface area contributed by atoms with E-state index in [1.54, 1.807) is 18.3 Å². The summed E-state index contributed by atoms with van der Waals surface area (Å²) in [6.07, 6.45) is 6.23. The van der Waals surface area contributed by atoms with Gasteiger partial charge >= 0.3 is 0 Å². The first kappa shape index (κ1) is 14.7. The highest BCUT2D eigenvalue weighted by atomic mass is 32.2. The highest BCUT2D eigenvalue weighted by Gasteiger charge is 2.14. The second kappa shape index (κ2) is 6.19. The molecule has 1 aromatic carbocycles. The van der Waals surface area contributed by atoms with Crippen molar-refractivity contribution in [1.82, 2.24) is 9.55 Å². The fourth-order valence-electron chi connectivity index (χ4n) is 2.15. The minimum Gasteiger partial charge on any atom is -0.335 e. The van der Waals surface area contributed by atoms with Gasteiger partial charge in [0.1, 0.15) is 5.82 Å². The molecule has 0 saturated carbocycles. The maximum Gasteiger partial charge on any atom is 0.175 e. The Hall–Kier alpha value is -1.66. The summed E-state index contributed by atoms with van der Waals surface area (Å²) in [5.41, 5.74) is 6.29. The van der Waals surface area contributed by atoms with E-state index < -0.39 is 9.84 Å². The van der Waals surface area contributed by atoms with Gasteiger partial charge in [-0.15, -0.1) is 0 Å². The number of aromatic nitrogens is 2. The molecule has 6 heteroatoms. The fourth-order valence-corrected chi connectivity index (χ4v) is 3.10. The van der Waals surface area contributed by atoms with E-state index in [0.29, 0.717) is 17.9 Å². The third-order valence-corrected chi connectivity index (χ3v) is 4.32. The molecule has 0 fully saturated rings. The van der Waals surface area contributed by atoms with Crippen LogP contribution in [0.15, 0.2) is 41.6 Å². The number of nitrogens with two attached hydrogens (primary N) is 1. The number of aryl methyl sites for hydroxylation is 1. The Morgan fingerprint density at radius 3 is 2.75 bits per heavy atom. The first-order valence-corrected chi connectivity index (χ1v) is 8.39. The second-order valence-corrected chi connectivity index (χ2v) is 6.72. The zero-order valence-electron chi connectivity index (χ0n) is 11.5. The van der Waals surface area contributed by atoms with Crippen LogP contribution >= 0.6 is 0 Å². The maximum absolute atomic E-state index is 11.8. The number of hydrogen-bond acceptors (Lipinski definition) is 4. The van der Waals surface area contributed by atoms with Gasteiger partial charge < -0.3 is 10.3 Å². The molecule has 0 aliphatic heterocycles. The third kappa shape index (κ3) is 3.46. The molecule has 2 N–H and O–H groups in total. The van der Waals surface area contributed by atoms with Gasteiger partial charge in [0.05, 0.1) is 4.90 Å². The average molecular weight is 293 g/mol. The van der Waals surface area contributed by atoms with Crippen LogP contribution < -0.4 is 5.73 Å². The number of nitrogens with zero attached hydrogens (tertiary/aromatic N) is 2. The predicted molar refractivity (Wildman–Crippen MR) is 78.3 cm³/mol. The molecular formula is C14H19N3O2S. The van der Waals surface area contributed by atoms with Gasteiger partial charge in [-0.3, -0.25) is 0 Å². The van der Waals surface area contributed by atoms with Crippen LogP contribution in [0, 0.1) is 0 Å². The maximum atomic E-state index is 11.8. The van der Waals surface area contributed by atoms with Gasteiger partial charge in [-0.05, 0) is 24.6 Å². The van der Waals surface area contributed by atoms with E-state index in [1.165, 1.54) is 6.26 Å². The lowest BCUT2D eigenvalue weighted by Gasteiger charge is -2.10. The van der Waals surface area contributed by atoms with Crippen molar-refractivity contribution < 1.29 is 8.42 Å². The van der Waals surface area contributed by atoms with Crippen molar-refractivity contribution in [3.63, 3.8) is 0 Å². The van der Waals surface area contributed by atoms with Crippen LogP contribution in [-0.4, -0.2) is 30.8 Å². The van der Waals surface area contributed by atoms with Crippen molar-refractivity contribution in [2.75, 3.05) is 12.8 Å². The molecule has 0 saturated heterocycles. The van der Waals surface area contributed by atoms with Crippen LogP contribution in [0.25, 0.3) is 0 Å². The summed E-state index contributed by atoms with van der Waals surface area (Å²) in [6.45, 7) is 1.42. The van der Waals surface area contributed by atoms with E-state index in [0.717, 1.165) is 24.4 Å². The molecule has 0 atom stereocenters. The lowest BCUT2D eigenvalue weighted by molar-refractivity contribution is 0.599. The zero-order chi connectivity index (χ0) is 14.6. The van der Waals surface area contributed by atoms with E-state index in [9.17, 15) is 8.42 Å². The quantitative estimate of drug-likeness (QED) is 0.869. The zero-order valence-corrected chi connectivity index (χ0v) is 12.3. The molecule has 0 aliphatic carbocycles. The van der Waals surface area contributed by atoms with Gasteiger partial charge in [0, 0.05) is 31.6 Å². The number of hydrogen-bond donors (Lipinski definition) is 1. The average Bonchev–Trinajstić information content (AvgIpc) is 2.83. The number of rotatable bonds is 6. The van der Waals surface area contributed by atoms with E-state index in [-0.39, 0.29) is 0 Å². The first-order chi connectivity index (χ1) is 9.52. The predicted octanol–water partition coefficient (Wildman–Crippen LogP) is 1.23. The SMILES string of the molecule is CS(=O)(=O)c1ccccc1Cc1nccn1CCCN. The Bertz CT molecular complexity index is 677. The van der Waals surface area contributed by atoms with Crippen LogP contribution in [-0.2, 0) is 22.8 Å². The summed E-state index contributed by atoms with van der Waals surface area (Å²) in [6, 6.07) is 7.05. The lowest BCUT2D eigenvalue weighted by atomic mass is 10.1. The van der Waals surface area contributed by atoms with Gasteiger partial charge in [-0.2, -0.15) is 0 Å². The molecule has 0 unspecified atom stereocenters. The van der Waals surface area contributed by atoms with Crippen LogP contribution in [0.3, 0.4) is 0 Å². The molecule has 0 aliphatic rings. The third-order valence-electron chi connectivity index (χ3n) is 3.13. The van der Waals surface area contributed by atoms with Gasteiger partial charge in [0.25, 0.3) is 0 Å². The normalized spacial score (nSPS) is 11.7. The minimum atomic E-state index is -3.22. The summed E-state index contributed by atoms with van der Waals surface area (Å²) in [7, 11) is -3.22.